The van der Waals surface area contributed by atoms with Gasteiger partial charge < -0.3 is 57.1 Å². The van der Waals surface area contributed by atoms with Crippen molar-refractivity contribution in [2.45, 2.75) is 167 Å². The Morgan fingerprint density at radius 1 is 0.506 bits per heavy atom. The van der Waals surface area contributed by atoms with E-state index in [-0.39, 0.29) is 61.6 Å². The maximum absolute atomic E-state index is 14.6. The number of ether oxygens (including phenoxy) is 1. The molecule has 19 nitrogen and oxygen atoms in total. The molecular weight excluding hydrogens is 1050 g/mol. The van der Waals surface area contributed by atoms with Gasteiger partial charge in [0.05, 0.1) is 24.2 Å². The minimum atomic E-state index is -0.962. The molecule has 0 radical (unpaired) electrons. The lowest BCUT2D eigenvalue weighted by molar-refractivity contribution is -0.144. The van der Waals surface area contributed by atoms with Crippen LogP contribution in [0.5, 0.6) is 11.5 Å². The summed E-state index contributed by atoms with van der Waals surface area (Å²) in [4.78, 5) is 115. The van der Waals surface area contributed by atoms with Gasteiger partial charge in [-0.2, -0.15) is 0 Å². The van der Waals surface area contributed by atoms with E-state index in [4.69, 9.17) is 4.74 Å². The number of benzene rings is 4. The molecule has 0 bridgehead atoms. The number of rotatable bonds is 18. The normalized spacial score (nSPS) is 21.9. The molecule has 0 unspecified atom stereocenters. The van der Waals surface area contributed by atoms with Gasteiger partial charge in [0, 0.05) is 36.3 Å². The molecule has 0 spiro atoms. The van der Waals surface area contributed by atoms with Crippen molar-refractivity contribution in [1.82, 2.24) is 52.3 Å². The number of nitrogens with one attached hydrogen (secondary N) is 8. The fraction of sp³-hybridized carbons (Fsp3) is 0.500. The number of carbonyl (C=O) groups is 8. The summed E-state index contributed by atoms with van der Waals surface area (Å²) in [6.45, 7) is 14.7. The van der Waals surface area contributed by atoms with Gasteiger partial charge in [0.25, 0.3) is 11.8 Å². The third-order valence-corrected chi connectivity index (χ3v) is 16.7. The van der Waals surface area contributed by atoms with Crippen LogP contribution in [0.25, 0.3) is 0 Å². The van der Waals surface area contributed by atoms with Crippen LogP contribution < -0.4 is 47.3 Å². The number of nitrogens with zero attached hydrogens (tertiary/aromatic N) is 2. The Hall–Kier alpha value is -7.64. The Morgan fingerprint density at radius 2 is 0.867 bits per heavy atom. The van der Waals surface area contributed by atoms with Crippen molar-refractivity contribution in [2.75, 3.05) is 27.2 Å². The molecule has 2 aliphatic heterocycles. The van der Waals surface area contributed by atoms with Crippen LogP contribution in [0, 0.1) is 10.8 Å². The van der Waals surface area contributed by atoms with E-state index < -0.39 is 82.8 Å². The van der Waals surface area contributed by atoms with E-state index >= 15 is 0 Å². The lowest BCUT2D eigenvalue weighted by Gasteiger charge is -2.36. The van der Waals surface area contributed by atoms with Gasteiger partial charge in [-0.05, 0) is 161 Å². The number of amides is 8. The first-order chi connectivity index (χ1) is 39.4. The van der Waals surface area contributed by atoms with E-state index in [1.54, 1.807) is 76.5 Å². The molecule has 0 saturated carbocycles. The molecule has 19 heteroatoms. The van der Waals surface area contributed by atoms with Gasteiger partial charge in [0.2, 0.25) is 35.4 Å². The van der Waals surface area contributed by atoms with Crippen LogP contribution in [0.15, 0.2) is 97.1 Å². The summed E-state index contributed by atoms with van der Waals surface area (Å²) in [5.41, 5.74) is 3.68. The van der Waals surface area contributed by atoms with E-state index in [0.29, 0.717) is 22.6 Å². The van der Waals surface area contributed by atoms with Gasteiger partial charge in [0.1, 0.15) is 35.7 Å². The number of hydrogen-bond acceptors (Lipinski definition) is 11. The van der Waals surface area contributed by atoms with Crippen molar-refractivity contribution in [1.29, 1.82) is 0 Å². The van der Waals surface area contributed by atoms with E-state index in [2.05, 4.69) is 54.7 Å². The van der Waals surface area contributed by atoms with Crippen LogP contribution in [0.4, 0.5) is 0 Å². The van der Waals surface area contributed by atoms with Gasteiger partial charge in [0.15, 0.2) is 0 Å². The zero-order valence-corrected chi connectivity index (χ0v) is 49.7. The van der Waals surface area contributed by atoms with E-state index in [9.17, 15) is 38.4 Å². The Kier molecular flexibility index (Phi) is 19.5. The maximum atomic E-state index is 14.6. The zero-order valence-electron chi connectivity index (χ0n) is 49.7. The molecule has 10 atom stereocenters. The van der Waals surface area contributed by atoms with E-state index in [1.165, 1.54) is 20.9 Å². The highest BCUT2D eigenvalue weighted by atomic mass is 16.5. The van der Waals surface area contributed by atoms with Crippen molar-refractivity contribution in [3.8, 4) is 11.5 Å². The summed E-state index contributed by atoms with van der Waals surface area (Å²) in [6, 6.07) is 22.6. The lowest BCUT2D eigenvalue weighted by atomic mass is 9.85. The van der Waals surface area contributed by atoms with Crippen LogP contribution >= 0.6 is 0 Å². The van der Waals surface area contributed by atoms with Crippen molar-refractivity contribution in [3.05, 3.63) is 130 Å². The number of likely N-dealkylation sites (tertiary alicyclic amines) is 2. The van der Waals surface area contributed by atoms with Gasteiger partial charge in [-0.1, -0.05) is 90.1 Å². The number of likely N-dealkylation sites (N-methyl/N-ethyl adjacent to an activating group) is 2. The quantitative estimate of drug-likeness (QED) is 0.0615. The second-order valence-electron chi connectivity index (χ2n) is 24.9. The number of hydrogen-bond donors (Lipinski definition) is 8. The molecule has 8 rings (SSSR count). The summed E-state index contributed by atoms with van der Waals surface area (Å²) >= 11 is 0. The second kappa shape index (κ2) is 26.3. The predicted molar refractivity (Wildman–Crippen MR) is 316 cm³/mol. The smallest absolute Gasteiger partial charge is 0.251 e. The number of carbonyl (C=O) groups excluding carboxylic acids is 8. The minimum absolute atomic E-state index is 0.0471. The van der Waals surface area contributed by atoms with Crippen molar-refractivity contribution in [2.24, 2.45) is 10.8 Å². The van der Waals surface area contributed by atoms with Crippen molar-refractivity contribution < 1.29 is 43.1 Å². The molecule has 8 N–H and O–H groups in total. The van der Waals surface area contributed by atoms with Crippen LogP contribution in [0.2, 0.25) is 0 Å². The summed E-state index contributed by atoms with van der Waals surface area (Å²) in [6.07, 6.45) is 5.46. The first-order valence-electron chi connectivity index (χ1n) is 29.3. The van der Waals surface area contributed by atoms with Crippen molar-refractivity contribution in [3.63, 3.8) is 0 Å². The van der Waals surface area contributed by atoms with Gasteiger partial charge >= 0.3 is 0 Å². The Balaban J connectivity index is 0.912. The van der Waals surface area contributed by atoms with Gasteiger partial charge in [-0.3, -0.25) is 38.4 Å². The van der Waals surface area contributed by atoms with Crippen molar-refractivity contribution >= 4 is 47.3 Å². The topological polar surface area (TPSA) is 249 Å². The molecule has 0 aromatic heterocycles. The van der Waals surface area contributed by atoms with E-state index in [0.717, 1.165) is 49.7 Å². The standard InChI is InChI=1S/C64H84N10O9/c1-37(65-9)55(75)71-53(63(3,4)5)61(81)73-35-43(33-51(73)59(79)69-49-23-15-19-39-17-11-13-21-47(39)49)67-57(77)41-25-29-45(30-26-41)83-46-31-27-42(28-32-46)58(78)68-44-34-52(60(80)70-50-24-16-20-40-18-12-14-22-48(40)50)74(36-44)62(82)54(64(6,7)8)72-56(76)38(2)66-10/h11-14,17-18,21-22,25-32,37-38,43-44,49-54,65-66H,15-16,19-20,23-24,33-36H2,1-10H3,(H,67,77)(H,68,78)(H,69,79)(H,70,80)(H,71,75)(H,72,76)/t37-,38-,43-,44-,49+,50+,51-,52-,53+,54+/m0/s1. The fourth-order valence-electron chi connectivity index (χ4n) is 11.7. The molecule has 83 heavy (non-hydrogen) atoms. The third-order valence-electron chi connectivity index (χ3n) is 16.7. The average Bonchev–Trinajstić information content (AvgIpc) is 4.23. The van der Waals surface area contributed by atoms with Gasteiger partial charge in [-0.25, -0.2) is 0 Å². The van der Waals surface area contributed by atoms with Crippen LogP contribution in [-0.4, -0.2) is 133 Å². The second-order valence-corrected chi connectivity index (χ2v) is 24.9. The largest absolute Gasteiger partial charge is 0.457 e. The lowest BCUT2D eigenvalue weighted by Crippen LogP contribution is -2.59. The molecule has 2 heterocycles. The third kappa shape index (κ3) is 14.8. The zero-order chi connectivity index (χ0) is 59.9. The monoisotopic (exact) mass is 1140 g/mol. The first-order valence-corrected chi connectivity index (χ1v) is 29.3. The molecule has 2 aliphatic carbocycles. The first kappa shape index (κ1) is 61.4. The highest BCUT2D eigenvalue weighted by Crippen LogP contribution is 2.34. The molecule has 8 amide bonds. The van der Waals surface area contributed by atoms with Gasteiger partial charge in [-0.15, -0.1) is 0 Å². The number of aryl methyl sites for hydroxylation is 2. The SMILES string of the molecule is CN[C@@H](C)C(=O)N[C@H](C(=O)N1C[C@@H](NC(=O)c2ccc(Oc3ccc(C(=O)N[C@H]4C[C@@H](C(=O)N[C@@H]5CCCc6ccccc65)N(C(=O)[C@@H](NC(=O)[C@H](C)NC)C(C)(C)C)C4)cc3)cc2)C[C@H]1C(=O)N[C@@H]1CCCc2ccccc21)C(C)(C)C. The van der Waals surface area contributed by atoms with Crippen LogP contribution in [0.3, 0.4) is 0 Å². The Morgan fingerprint density at radius 3 is 1.22 bits per heavy atom. The summed E-state index contributed by atoms with van der Waals surface area (Å²) in [5, 5.41) is 24.2. The molecule has 444 valence electrons. The van der Waals surface area contributed by atoms with E-state index in [1.807, 2.05) is 77.9 Å². The molecule has 2 fully saturated rings. The Bertz CT molecular complexity index is 2830. The van der Waals surface area contributed by atoms with Crippen LogP contribution in [-0.2, 0) is 41.6 Å². The molecule has 4 aromatic rings. The fourth-order valence-corrected chi connectivity index (χ4v) is 11.7. The molecular formula is C64H84N10O9. The highest BCUT2D eigenvalue weighted by Gasteiger charge is 2.48. The minimum Gasteiger partial charge on any atom is -0.457 e. The summed E-state index contributed by atoms with van der Waals surface area (Å²) in [7, 11) is 3.32. The average molecular weight is 1140 g/mol. The summed E-state index contributed by atoms with van der Waals surface area (Å²) < 4.78 is 6.13. The Labute approximate surface area is 488 Å². The maximum Gasteiger partial charge on any atom is 0.251 e. The summed E-state index contributed by atoms with van der Waals surface area (Å²) in [5.74, 6) is -2.17. The number of fused-ring (bicyclic) bond motifs is 2. The molecule has 4 aliphatic rings. The highest BCUT2D eigenvalue weighted by molar-refractivity contribution is 5.98. The molecule has 2 saturated heterocycles. The molecule has 4 aromatic carbocycles. The van der Waals surface area contributed by atoms with Crippen LogP contribution in [0.1, 0.15) is 149 Å². The predicted octanol–water partition coefficient (Wildman–Crippen LogP) is 5.54.